The number of rotatable bonds is 6. The van der Waals surface area contributed by atoms with Crippen molar-refractivity contribution in [1.82, 2.24) is 10.3 Å². The monoisotopic (exact) mass is 239 g/mol. The fourth-order valence-corrected chi connectivity index (χ4v) is 3.02. The summed E-state index contributed by atoms with van der Waals surface area (Å²) in [6.45, 7) is 3.16. The molecule has 1 aromatic rings. The number of hydrogen-bond acceptors (Lipinski definition) is 4. The van der Waals surface area contributed by atoms with Crippen molar-refractivity contribution in [3.05, 3.63) is 10.6 Å². The highest BCUT2D eigenvalue weighted by molar-refractivity contribution is 7.15. The van der Waals surface area contributed by atoms with Crippen molar-refractivity contribution in [2.24, 2.45) is 0 Å². The Balaban J connectivity index is 2.15. The molecule has 1 saturated carbocycles. The summed E-state index contributed by atoms with van der Waals surface area (Å²) >= 11 is 1.85. The van der Waals surface area contributed by atoms with Crippen LogP contribution in [0.4, 0.5) is 5.13 Å². The van der Waals surface area contributed by atoms with Gasteiger partial charge in [-0.25, -0.2) is 4.98 Å². The lowest BCUT2D eigenvalue weighted by atomic mass is 10.2. The second kappa shape index (κ2) is 5.15. The molecule has 1 aliphatic carbocycles. The average molecular weight is 239 g/mol. The fraction of sp³-hybridized carbons (Fsp3) is 0.750. The topological polar surface area (TPSA) is 28.2 Å². The molecule has 1 N–H and O–H groups in total. The third-order valence-corrected chi connectivity index (χ3v) is 4.18. The maximum atomic E-state index is 4.78. The molecule has 0 radical (unpaired) electrons. The van der Waals surface area contributed by atoms with Crippen molar-refractivity contribution in [2.75, 3.05) is 19.0 Å². The molecule has 4 heteroatoms. The number of aryl methyl sites for hydroxylation is 1. The van der Waals surface area contributed by atoms with Gasteiger partial charge in [0.2, 0.25) is 0 Å². The first-order valence-corrected chi connectivity index (χ1v) is 6.94. The third-order valence-electron chi connectivity index (χ3n) is 2.99. The SMILES string of the molecule is CCCc1nc(N(C)C2CC2)sc1CNC. The van der Waals surface area contributed by atoms with Gasteiger partial charge in [0.05, 0.1) is 5.69 Å². The molecule has 0 aliphatic heterocycles. The van der Waals surface area contributed by atoms with Gasteiger partial charge in [0.1, 0.15) is 0 Å². The summed E-state index contributed by atoms with van der Waals surface area (Å²) in [5, 5.41) is 4.44. The maximum Gasteiger partial charge on any atom is 0.185 e. The second-order valence-electron chi connectivity index (χ2n) is 4.49. The molecule has 1 aliphatic rings. The van der Waals surface area contributed by atoms with Gasteiger partial charge >= 0.3 is 0 Å². The van der Waals surface area contributed by atoms with Crippen LogP contribution >= 0.6 is 11.3 Å². The third kappa shape index (κ3) is 2.55. The summed E-state index contributed by atoms with van der Waals surface area (Å²) in [6, 6.07) is 0.753. The molecule has 1 heterocycles. The Morgan fingerprint density at radius 3 is 2.81 bits per heavy atom. The lowest BCUT2D eigenvalue weighted by Crippen LogP contribution is -2.18. The van der Waals surface area contributed by atoms with Crippen molar-refractivity contribution >= 4 is 16.5 Å². The van der Waals surface area contributed by atoms with E-state index in [-0.39, 0.29) is 0 Å². The van der Waals surface area contributed by atoms with Gasteiger partial charge in [0.15, 0.2) is 5.13 Å². The van der Waals surface area contributed by atoms with Gasteiger partial charge in [-0.15, -0.1) is 11.3 Å². The number of hydrogen-bond donors (Lipinski definition) is 1. The molecule has 0 saturated heterocycles. The number of anilines is 1. The van der Waals surface area contributed by atoms with Crippen LogP contribution in [0.5, 0.6) is 0 Å². The molecule has 0 aromatic carbocycles. The fourth-order valence-electron chi connectivity index (χ4n) is 1.87. The molecule has 0 unspecified atom stereocenters. The minimum absolute atomic E-state index is 0.753. The van der Waals surface area contributed by atoms with Gasteiger partial charge in [-0.3, -0.25) is 0 Å². The first-order chi connectivity index (χ1) is 7.76. The number of thiazole rings is 1. The zero-order chi connectivity index (χ0) is 11.5. The lowest BCUT2D eigenvalue weighted by molar-refractivity contribution is 0.796. The largest absolute Gasteiger partial charge is 0.348 e. The Morgan fingerprint density at radius 2 is 2.25 bits per heavy atom. The smallest absolute Gasteiger partial charge is 0.185 e. The van der Waals surface area contributed by atoms with Crippen molar-refractivity contribution in [2.45, 2.75) is 45.2 Å². The summed E-state index contributed by atoms with van der Waals surface area (Å²) in [5.74, 6) is 0. The quantitative estimate of drug-likeness (QED) is 0.826. The summed E-state index contributed by atoms with van der Waals surface area (Å²) in [7, 11) is 4.18. The molecule has 2 rings (SSSR count). The Kier molecular flexibility index (Phi) is 3.82. The van der Waals surface area contributed by atoms with E-state index in [1.54, 1.807) is 0 Å². The van der Waals surface area contributed by atoms with Crippen molar-refractivity contribution in [1.29, 1.82) is 0 Å². The van der Waals surface area contributed by atoms with E-state index in [2.05, 4.69) is 24.2 Å². The predicted molar refractivity (Wildman–Crippen MR) is 70.3 cm³/mol. The number of nitrogens with one attached hydrogen (secondary N) is 1. The van der Waals surface area contributed by atoms with E-state index in [9.17, 15) is 0 Å². The minimum Gasteiger partial charge on any atom is -0.348 e. The van der Waals surface area contributed by atoms with Gasteiger partial charge in [-0.05, 0) is 26.3 Å². The van der Waals surface area contributed by atoms with Crippen molar-refractivity contribution in [3.63, 3.8) is 0 Å². The Morgan fingerprint density at radius 1 is 1.50 bits per heavy atom. The number of nitrogens with zero attached hydrogens (tertiary/aromatic N) is 2. The van der Waals surface area contributed by atoms with Crippen molar-refractivity contribution < 1.29 is 0 Å². The van der Waals surface area contributed by atoms with Crippen LogP contribution < -0.4 is 10.2 Å². The Labute approximate surface area is 102 Å². The molecule has 0 spiro atoms. The lowest BCUT2D eigenvalue weighted by Gasteiger charge is -2.13. The first kappa shape index (κ1) is 11.9. The van der Waals surface area contributed by atoms with E-state index >= 15 is 0 Å². The Bertz CT molecular complexity index is 321. The highest BCUT2D eigenvalue weighted by Crippen LogP contribution is 2.34. The molecule has 90 valence electrons. The Hall–Kier alpha value is -0.610. The molecular weight excluding hydrogens is 218 g/mol. The zero-order valence-corrected chi connectivity index (χ0v) is 11.2. The van der Waals surface area contributed by atoms with E-state index in [0.717, 1.165) is 19.0 Å². The zero-order valence-electron chi connectivity index (χ0n) is 10.4. The molecule has 1 fully saturated rings. The van der Waals surface area contributed by atoms with Crippen LogP contribution in [-0.2, 0) is 13.0 Å². The van der Waals surface area contributed by atoms with Crippen molar-refractivity contribution in [3.8, 4) is 0 Å². The van der Waals surface area contributed by atoms with Gasteiger partial charge in [-0.2, -0.15) is 0 Å². The summed E-state index contributed by atoms with van der Waals surface area (Å²) in [4.78, 5) is 8.54. The molecule has 1 aromatic heterocycles. The average Bonchev–Trinajstić information content (AvgIpc) is 3.04. The van der Waals surface area contributed by atoms with Gasteiger partial charge in [0, 0.05) is 24.5 Å². The summed E-state index contributed by atoms with van der Waals surface area (Å²) < 4.78 is 0. The van der Waals surface area contributed by atoms with Crippen LogP contribution in [0.3, 0.4) is 0 Å². The highest BCUT2D eigenvalue weighted by atomic mass is 32.1. The number of aromatic nitrogens is 1. The summed E-state index contributed by atoms with van der Waals surface area (Å²) in [5.41, 5.74) is 1.30. The molecule has 0 amide bonds. The van der Waals surface area contributed by atoms with Crippen LogP contribution in [-0.4, -0.2) is 25.1 Å². The van der Waals surface area contributed by atoms with E-state index in [4.69, 9.17) is 4.98 Å². The van der Waals surface area contributed by atoms with E-state index in [1.165, 1.54) is 35.0 Å². The predicted octanol–water partition coefficient (Wildman–Crippen LogP) is 2.41. The maximum absolute atomic E-state index is 4.78. The standard InChI is InChI=1S/C12H21N3S/c1-4-5-10-11(8-13-2)16-12(14-10)15(3)9-6-7-9/h9,13H,4-8H2,1-3H3. The van der Waals surface area contributed by atoms with E-state index in [0.29, 0.717) is 0 Å². The van der Waals surface area contributed by atoms with Crippen LogP contribution in [0.25, 0.3) is 0 Å². The van der Waals surface area contributed by atoms with Gasteiger partial charge < -0.3 is 10.2 Å². The summed E-state index contributed by atoms with van der Waals surface area (Å²) in [6.07, 6.45) is 4.94. The van der Waals surface area contributed by atoms with E-state index in [1.807, 2.05) is 18.4 Å². The molecule has 0 bridgehead atoms. The molecule has 0 atom stereocenters. The van der Waals surface area contributed by atoms with Gasteiger partial charge in [0.25, 0.3) is 0 Å². The van der Waals surface area contributed by atoms with Gasteiger partial charge in [-0.1, -0.05) is 13.3 Å². The highest BCUT2D eigenvalue weighted by Gasteiger charge is 2.28. The first-order valence-electron chi connectivity index (χ1n) is 6.12. The molecule has 3 nitrogen and oxygen atoms in total. The normalized spacial score (nSPS) is 15.4. The molecular formula is C12H21N3S. The van der Waals surface area contributed by atoms with E-state index < -0.39 is 0 Å². The second-order valence-corrected chi connectivity index (χ2v) is 5.55. The minimum atomic E-state index is 0.753. The van der Waals surface area contributed by atoms with Crippen LogP contribution in [0.2, 0.25) is 0 Å². The van der Waals surface area contributed by atoms with Crippen LogP contribution in [0, 0.1) is 0 Å². The van der Waals surface area contributed by atoms with Crippen LogP contribution in [0.15, 0.2) is 0 Å². The molecule has 16 heavy (non-hydrogen) atoms. The van der Waals surface area contributed by atoms with Crippen LogP contribution in [0.1, 0.15) is 36.8 Å².